The van der Waals surface area contributed by atoms with Gasteiger partial charge in [-0.25, -0.2) is 4.39 Å². The molecule has 0 saturated heterocycles. The van der Waals surface area contributed by atoms with Crippen molar-refractivity contribution in [2.24, 2.45) is 5.41 Å². The van der Waals surface area contributed by atoms with Gasteiger partial charge in [0.15, 0.2) is 0 Å². The molecule has 50 heavy (non-hydrogen) atoms. The first-order chi connectivity index (χ1) is 23.3. The third-order valence-corrected chi connectivity index (χ3v) is 10.8. The maximum Gasteiger partial charge on any atom is 0.131 e. The summed E-state index contributed by atoms with van der Waals surface area (Å²) in [7, 11) is -1.27. The van der Waals surface area contributed by atoms with Crippen LogP contribution in [0.15, 0.2) is 108 Å². The number of nitrogens with zero attached hydrogens (tertiary/aromatic N) is 2. The molecule has 0 aliphatic heterocycles. The topological polar surface area (TPSA) is 38.9 Å². The van der Waals surface area contributed by atoms with Gasteiger partial charge in [-0.05, 0) is 65.5 Å². The van der Waals surface area contributed by atoms with E-state index in [0.717, 1.165) is 45.3 Å². The number of benzene rings is 4. The summed E-state index contributed by atoms with van der Waals surface area (Å²) >= 11 is 0. The van der Waals surface area contributed by atoms with Crippen LogP contribution in [0.25, 0.3) is 55.6 Å². The zero-order valence-electron chi connectivity index (χ0n) is 30.0. The average molecular weight is 855 g/mol. The minimum Gasteiger partial charge on any atom is -0.500 e. The number of rotatable bonds is 5. The summed E-state index contributed by atoms with van der Waals surface area (Å²) in [5, 5.41) is 3.09. The van der Waals surface area contributed by atoms with E-state index in [-0.39, 0.29) is 31.3 Å². The summed E-state index contributed by atoms with van der Waals surface area (Å²) in [6.07, 6.45) is 4.95. The number of hydrogen-bond acceptors (Lipinski definition) is 3. The van der Waals surface area contributed by atoms with E-state index in [4.69, 9.17) is 4.42 Å². The van der Waals surface area contributed by atoms with E-state index in [1.165, 1.54) is 27.9 Å². The molecule has 1 radical (unpaired) electrons. The Hall–Kier alpha value is -4.22. The molecule has 0 fully saturated rings. The Morgan fingerprint density at radius 2 is 1.46 bits per heavy atom. The number of aryl methyl sites for hydroxylation is 2. The molecule has 0 aliphatic rings. The number of furan rings is 1. The molecule has 7 aromatic rings. The molecular weight excluding hydrogens is 812 g/mol. The molecular formula is C44H43FIrN2OSi-2. The predicted molar refractivity (Wildman–Crippen MR) is 205 cm³/mol. The second kappa shape index (κ2) is 14.9. The quantitative estimate of drug-likeness (QED) is 0.128. The van der Waals surface area contributed by atoms with Crippen LogP contribution >= 0.6 is 0 Å². The summed E-state index contributed by atoms with van der Waals surface area (Å²) < 4.78 is 21.1. The van der Waals surface area contributed by atoms with Crippen molar-refractivity contribution in [1.82, 2.24) is 9.97 Å². The van der Waals surface area contributed by atoms with Crippen LogP contribution < -0.4 is 5.19 Å². The van der Waals surface area contributed by atoms with E-state index in [1.54, 1.807) is 6.07 Å². The second-order valence-electron chi connectivity index (χ2n) is 15.0. The third-order valence-electron chi connectivity index (χ3n) is 8.70. The Morgan fingerprint density at radius 3 is 2.12 bits per heavy atom. The van der Waals surface area contributed by atoms with E-state index in [0.29, 0.717) is 16.7 Å². The number of halogens is 1. The van der Waals surface area contributed by atoms with Gasteiger partial charge in [0.1, 0.15) is 11.4 Å². The third kappa shape index (κ3) is 8.21. The van der Waals surface area contributed by atoms with E-state index < -0.39 is 8.07 Å². The maximum atomic E-state index is 15.0. The van der Waals surface area contributed by atoms with E-state index in [9.17, 15) is 0 Å². The van der Waals surface area contributed by atoms with Gasteiger partial charge in [-0.3, -0.25) is 0 Å². The van der Waals surface area contributed by atoms with E-state index in [2.05, 4.69) is 101 Å². The van der Waals surface area contributed by atoms with Gasteiger partial charge in [0.25, 0.3) is 0 Å². The van der Waals surface area contributed by atoms with E-state index in [1.807, 2.05) is 66.9 Å². The summed E-state index contributed by atoms with van der Waals surface area (Å²) in [5.74, 6) is -0.262. The van der Waals surface area contributed by atoms with Crippen molar-refractivity contribution < 1.29 is 28.9 Å². The second-order valence-corrected chi connectivity index (χ2v) is 20.1. The van der Waals surface area contributed by atoms with Gasteiger partial charge in [-0.15, -0.1) is 59.7 Å². The molecule has 0 amide bonds. The Labute approximate surface area is 310 Å². The minimum atomic E-state index is -1.27. The molecule has 0 spiro atoms. The van der Waals surface area contributed by atoms with Crippen LogP contribution in [0.2, 0.25) is 19.6 Å². The molecule has 0 aliphatic carbocycles. The van der Waals surface area contributed by atoms with Crippen LogP contribution in [0.3, 0.4) is 0 Å². The van der Waals surface area contributed by atoms with E-state index >= 15 is 4.39 Å². The molecule has 7 rings (SSSR count). The summed E-state index contributed by atoms with van der Waals surface area (Å²) in [4.78, 5) is 9.25. The first kappa shape index (κ1) is 37.0. The van der Waals surface area contributed by atoms with Crippen molar-refractivity contribution in [3.8, 4) is 33.6 Å². The molecule has 0 bridgehead atoms. The zero-order chi connectivity index (χ0) is 34.9. The number of fused-ring (bicyclic) bond motifs is 3. The zero-order valence-corrected chi connectivity index (χ0v) is 33.4. The molecule has 3 aromatic heterocycles. The van der Waals surface area contributed by atoms with Crippen LogP contribution in [0.4, 0.5) is 4.39 Å². The molecule has 0 atom stereocenters. The Bertz CT molecular complexity index is 2250. The monoisotopic (exact) mass is 855 g/mol. The van der Waals surface area contributed by atoms with Crippen molar-refractivity contribution in [2.45, 2.75) is 60.7 Å². The Kier molecular flexibility index (Phi) is 11.1. The molecule has 0 saturated carbocycles. The molecule has 3 nitrogen and oxygen atoms in total. The van der Waals surface area contributed by atoms with Crippen molar-refractivity contribution in [2.75, 3.05) is 0 Å². The fraction of sp³-hybridized carbons (Fsp3) is 0.227. The van der Waals surface area contributed by atoms with Gasteiger partial charge in [0.05, 0.1) is 13.7 Å². The van der Waals surface area contributed by atoms with Gasteiger partial charge in [-0.2, -0.15) is 0 Å². The Balaban J connectivity index is 0.000000229. The Morgan fingerprint density at radius 1 is 0.760 bits per heavy atom. The van der Waals surface area contributed by atoms with Gasteiger partial charge in [0.2, 0.25) is 0 Å². The average Bonchev–Trinajstić information content (AvgIpc) is 3.43. The summed E-state index contributed by atoms with van der Waals surface area (Å²) in [5.41, 5.74) is 10.6. The van der Waals surface area contributed by atoms with Gasteiger partial charge in [0, 0.05) is 43.4 Å². The van der Waals surface area contributed by atoms with Crippen LogP contribution in [-0.2, 0) is 26.5 Å². The predicted octanol–water partition coefficient (Wildman–Crippen LogP) is 11.6. The van der Waals surface area contributed by atoms with Crippen LogP contribution in [0.5, 0.6) is 0 Å². The van der Waals surface area contributed by atoms with Gasteiger partial charge < -0.3 is 14.4 Å². The molecule has 4 aromatic carbocycles. The summed E-state index contributed by atoms with van der Waals surface area (Å²) in [6.45, 7) is 18.1. The van der Waals surface area contributed by atoms with Gasteiger partial charge >= 0.3 is 0 Å². The SMILES string of the molecule is Cc1cc(-c2[c-]cccc2)ncc1[Si](C)(C)C.Cc1cnc(-c2[c-]cc3oc4ccc(F)c(-c5ccccc5)c4c3c2)cc1CC(C)(C)C.[Ir]. The van der Waals surface area contributed by atoms with Crippen LogP contribution in [-0.4, -0.2) is 18.0 Å². The first-order valence-corrected chi connectivity index (χ1v) is 20.3. The van der Waals surface area contributed by atoms with Gasteiger partial charge in [-0.1, -0.05) is 99.4 Å². The van der Waals surface area contributed by atoms with Crippen molar-refractivity contribution in [3.63, 3.8) is 0 Å². The maximum absolute atomic E-state index is 15.0. The number of aromatic nitrogens is 2. The molecule has 3 heterocycles. The van der Waals surface area contributed by atoms with Crippen molar-refractivity contribution in [1.29, 1.82) is 0 Å². The van der Waals surface area contributed by atoms with Crippen LogP contribution in [0, 0.1) is 37.2 Å². The molecule has 0 N–H and O–H groups in total. The van der Waals surface area contributed by atoms with Crippen molar-refractivity contribution >= 4 is 35.2 Å². The van der Waals surface area contributed by atoms with Crippen LogP contribution in [0.1, 0.15) is 37.5 Å². The summed E-state index contributed by atoms with van der Waals surface area (Å²) in [6, 6.07) is 35.5. The van der Waals surface area contributed by atoms with Crippen molar-refractivity contribution in [3.05, 3.63) is 138 Å². The molecule has 6 heteroatoms. The fourth-order valence-electron chi connectivity index (χ4n) is 6.34. The smallest absolute Gasteiger partial charge is 0.131 e. The minimum absolute atomic E-state index is 0. The molecule has 257 valence electrons. The molecule has 0 unspecified atom stereocenters. The largest absolute Gasteiger partial charge is 0.500 e. The fourth-order valence-corrected chi connectivity index (χ4v) is 8.04. The standard InChI is InChI=1S/C29H25FNO.C15H18NSi.Ir/c1-18-17-31-24(15-21(18)16-29(2,3)4)20-10-12-25-22(14-20)28-26(32-25)13-11-23(30)27(28)19-8-6-5-7-9-19;1-12-10-14(13-8-6-5-7-9-13)16-11-15(12)17(2,3)4;/h5-9,11-15,17H,16H2,1-4H3;5-8,10-11H,1-4H3;/q2*-1;. The number of hydrogen-bond donors (Lipinski definition) is 0. The number of pyridine rings is 2. The normalized spacial score (nSPS) is 11.6. The first-order valence-electron chi connectivity index (χ1n) is 16.8.